The first-order valence-corrected chi connectivity index (χ1v) is 6.92. The Balaban J connectivity index is 2.09. The van der Waals surface area contributed by atoms with Crippen molar-refractivity contribution in [3.63, 3.8) is 0 Å². The molecule has 0 aromatic carbocycles. The molecule has 6 heteroatoms. The number of imidazole rings is 1. The third-order valence-corrected chi connectivity index (χ3v) is 4.28. The molecule has 0 atom stereocenters. The van der Waals surface area contributed by atoms with Crippen molar-refractivity contribution in [3.05, 3.63) is 34.3 Å². The zero-order valence-corrected chi connectivity index (χ0v) is 10.9. The van der Waals surface area contributed by atoms with E-state index in [0.29, 0.717) is 0 Å². The number of hydrogen-bond donors (Lipinski definition) is 1. The van der Waals surface area contributed by atoms with Crippen LogP contribution in [-0.2, 0) is 11.3 Å². The van der Waals surface area contributed by atoms with Crippen LogP contribution in [0.2, 0.25) is 0 Å². The van der Waals surface area contributed by atoms with Crippen molar-refractivity contribution in [2.75, 3.05) is 5.75 Å². The lowest BCUT2D eigenvalue weighted by molar-refractivity contribution is -0.133. The predicted octanol–water partition coefficient (Wildman–Crippen LogP) is 2.48. The Hall–Kier alpha value is -1.27. The molecule has 0 aliphatic rings. The van der Waals surface area contributed by atoms with Gasteiger partial charge in [0.05, 0.1) is 12.3 Å². The molecule has 0 bridgehead atoms. The zero-order valence-electron chi connectivity index (χ0n) is 9.29. The Labute approximate surface area is 107 Å². The van der Waals surface area contributed by atoms with Crippen LogP contribution >= 0.6 is 23.1 Å². The number of aliphatic carboxylic acids is 1. The number of nitrogens with zero attached hydrogens (tertiary/aromatic N) is 2. The average Bonchev–Trinajstić information content (AvgIpc) is 2.87. The van der Waals surface area contributed by atoms with Crippen LogP contribution in [0.4, 0.5) is 0 Å². The molecule has 1 N–H and O–H groups in total. The second-order valence-electron chi connectivity index (χ2n) is 3.55. The van der Waals surface area contributed by atoms with Gasteiger partial charge in [0.25, 0.3) is 0 Å². The van der Waals surface area contributed by atoms with Crippen LogP contribution in [-0.4, -0.2) is 26.4 Å². The number of aromatic nitrogens is 2. The van der Waals surface area contributed by atoms with E-state index in [2.05, 4.69) is 23.4 Å². The number of carboxylic acid groups (broad SMARTS) is 1. The van der Waals surface area contributed by atoms with E-state index in [4.69, 9.17) is 5.11 Å². The molecule has 0 fully saturated rings. The van der Waals surface area contributed by atoms with Gasteiger partial charge in [-0.15, -0.1) is 11.3 Å². The first-order chi connectivity index (χ1) is 8.16. The third-order valence-electron chi connectivity index (χ3n) is 2.28. The molecule has 90 valence electrons. The minimum Gasteiger partial charge on any atom is -0.481 e. The van der Waals surface area contributed by atoms with Crippen molar-refractivity contribution in [2.24, 2.45) is 0 Å². The minimum absolute atomic E-state index is 0.0421. The second kappa shape index (κ2) is 5.37. The molecular formula is C11H12N2O2S2. The number of carbonyl (C=O) groups is 1. The predicted molar refractivity (Wildman–Crippen MR) is 68.7 cm³/mol. The summed E-state index contributed by atoms with van der Waals surface area (Å²) in [6, 6.07) is 2.08. The fourth-order valence-corrected chi connectivity index (χ4v) is 2.99. The SMILES string of the molecule is Cc1ccsc1Cn1ccnc1SCC(=O)O. The highest BCUT2D eigenvalue weighted by atomic mass is 32.2. The zero-order chi connectivity index (χ0) is 12.3. The number of rotatable bonds is 5. The lowest BCUT2D eigenvalue weighted by Crippen LogP contribution is -2.03. The summed E-state index contributed by atoms with van der Waals surface area (Å²) in [7, 11) is 0. The van der Waals surface area contributed by atoms with E-state index in [-0.39, 0.29) is 5.75 Å². The standard InChI is InChI=1S/C11H12N2O2S2/c1-8-2-5-16-9(8)6-13-4-3-12-11(13)17-7-10(14)15/h2-5H,6-7H2,1H3,(H,14,15). The van der Waals surface area contributed by atoms with Gasteiger partial charge in [-0.2, -0.15) is 0 Å². The van der Waals surface area contributed by atoms with Crippen LogP contribution in [0.3, 0.4) is 0 Å². The first kappa shape index (κ1) is 12.2. The molecule has 4 nitrogen and oxygen atoms in total. The molecule has 0 amide bonds. The highest BCUT2D eigenvalue weighted by molar-refractivity contribution is 7.99. The largest absolute Gasteiger partial charge is 0.481 e. The summed E-state index contributed by atoms with van der Waals surface area (Å²) in [4.78, 5) is 16.0. The van der Waals surface area contributed by atoms with Crippen molar-refractivity contribution in [1.82, 2.24) is 9.55 Å². The van der Waals surface area contributed by atoms with Gasteiger partial charge >= 0.3 is 5.97 Å². The van der Waals surface area contributed by atoms with E-state index < -0.39 is 5.97 Å². The Bertz CT molecular complexity index is 519. The maximum atomic E-state index is 10.5. The normalized spacial score (nSPS) is 10.6. The van der Waals surface area contributed by atoms with E-state index in [1.165, 1.54) is 22.2 Å². The molecule has 0 aliphatic carbocycles. The van der Waals surface area contributed by atoms with Crippen LogP contribution < -0.4 is 0 Å². The number of hydrogen-bond acceptors (Lipinski definition) is 4. The van der Waals surface area contributed by atoms with Crippen LogP contribution in [0, 0.1) is 6.92 Å². The van der Waals surface area contributed by atoms with Gasteiger partial charge in [-0.25, -0.2) is 4.98 Å². The van der Waals surface area contributed by atoms with Gasteiger partial charge in [0.15, 0.2) is 5.16 Å². The summed E-state index contributed by atoms with van der Waals surface area (Å²) >= 11 is 2.95. The fraction of sp³-hybridized carbons (Fsp3) is 0.273. The molecule has 2 aromatic heterocycles. The lowest BCUT2D eigenvalue weighted by Gasteiger charge is -2.05. The van der Waals surface area contributed by atoms with Crippen LogP contribution in [0.1, 0.15) is 10.4 Å². The molecule has 0 saturated carbocycles. The molecular weight excluding hydrogens is 256 g/mol. The molecule has 17 heavy (non-hydrogen) atoms. The van der Waals surface area contributed by atoms with Gasteiger partial charge in [-0.1, -0.05) is 11.8 Å². The van der Waals surface area contributed by atoms with Crippen LogP contribution in [0.15, 0.2) is 29.0 Å². The quantitative estimate of drug-likeness (QED) is 0.846. The van der Waals surface area contributed by atoms with Crippen molar-refractivity contribution in [2.45, 2.75) is 18.6 Å². The summed E-state index contributed by atoms with van der Waals surface area (Å²) in [5.41, 5.74) is 1.26. The summed E-state index contributed by atoms with van der Waals surface area (Å²) < 4.78 is 1.98. The molecule has 0 aliphatic heterocycles. The maximum Gasteiger partial charge on any atom is 0.313 e. The van der Waals surface area contributed by atoms with E-state index in [0.717, 1.165) is 11.7 Å². The van der Waals surface area contributed by atoms with Gasteiger partial charge in [-0.05, 0) is 23.9 Å². The fourth-order valence-electron chi connectivity index (χ4n) is 1.40. The van der Waals surface area contributed by atoms with Gasteiger partial charge in [-0.3, -0.25) is 4.79 Å². The molecule has 0 unspecified atom stereocenters. The molecule has 0 spiro atoms. The molecule has 2 rings (SSSR count). The molecule has 0 radical (unpaired) electrons. The van der Waals surface area contributed by atoms with Crippen molar-refractivity contribution < 1.29 is 9.90 Å². The summed E-state index contributed by atoms with van der Waals surface area (Å²) in [5, 5.41) is 11.5. The van der Waals surface area contributed by atoms with Gasteiger partial charge in [0.1, 0.15) is 0 Å². The van der Waals surface area contributed by atoms with Crippen molar-refractivity contribution in [1.29, 1.82) is 0 Å². The highest BCUT2D eigenvalue weighted by Crippen LogP contribution is 2.21. The number of thiophene rings is 1. The monoisotopic (exact) mass is 268 g/mol. The van der Waals surface area contributed by atoms with E-state index in [9.17, 15) is 4.79 Å². The maximum absolute atomic E-state index is 10.5. The van der Waals surface area contributed by atoms with Crippen molar-refractivity contribution >= 4 is 29.1 Å². The van der Waals surface area contributed by atoms with Gasteiger partial charge in [0, 0.05) is 17.3 Å². The van der Waals surface area contributed by atoms with Crippen molar-refractivity contribution in [3.8, 4) is 0 Å². The number of carboxylic acids is 1. The first-order valence-electron chi connectivity index (χ1n) is 5.05. The third kappa shape index (κ3) is 3.10. The number of thioether (sulfide) groups is 1. The molecule has 2 heterocycles. The average molecular weight is 268 g/mol. The minimum atomic E-state index is -0.822. The second-order valence-corrected chi connectivity index (χ2v) is 5.49. The van der Waals surface area contributed by atoms with Gasteiger partial charge < -0.3 is 9.67 Å². The summed E-state index contributed by atoms with van der Waals surface area (Å²) in [6.07, 6.45) is 3.58. The Morgan fingerprint density at radius 3 is 3.12 bits per heavy atom. The van der Waals surface area contributed by atoms with E-state index in [1.807, 2.05) is 10.8 Å². The smallest absolute Gasteiger partial charge is 0.313 e. The van der Waals surface area contributed by atoms with E-state index in [1.54, 1.807) is 17.5 Å². The number of aryl methyl sites for hydroxylation is 1. The van der Waals surface area contributed by atoms with Crippen LogP contribution in [0.5, 0.6) is 0 Å². The lowest BCUT2D eigenvalue weighted by atomic mass is 10.3. The summed E-state index contributed by atoms with van der Waals surface area (Å²) in [5.74, 6) is -0.780. The Morgan fingerprint density at radius 1 is 1.65 bits per heavy atom. The Kier molecular flexibility index (Phi) is 3.86. The van der Waals surface area contributed by atoms with E-state index >= 15 is 0 Å². The highest BCUT2D eigenvalue weighted by Gasteiger charge is 2.08. The Morgan fingerprint density at radius 2 is 2.47 bits per heavy atom. The topological polar surface area (TPSA) is 55.1 Å². The summed E-state index contributed by atoms with van der Waals surface area (Å²) in [6.45, 7) is 2.83. The molecule has 2 aromatic rings. The van der Waals surface area contributed by atoms with Gasteiger partial charge in [0.2, 0.25) is 0 Å². The van der Waals surface area contributed by atoms with Crippen LogP contribution in [0.25, 0.3) is 0 Å². The molecule has 0 saturated heterocycles.